The van der Waals surface area contributed by atoms with Crippen molar-refractivity contribution in [1.82, 2.24) is 0 Å². The van der Waals surface area contributed by atoms with Crippen molar-refractivity contribution in [1.29, 1.82) is 0 Å². The van der Waals surface area contributed by atoms with E-state index in [-0.39, 0.29) is 14.9 Å². The quantitative estimate of drug-likeness (QED) is 0.735. The van der Waals surface area contributed by atoms with E-state index in [4.69, 9.17) is 23.2 Å². The Labute approximate surface area is 141 Å². The van der Waals surface area contributed by atoms with Gasteiger partial charge in [-0.2, -0.15) is 0 Å². The minimum atomic E-state index is -3.78. The molecule has 0 unspecified atom stereocenters. The first-order valence-corrected chi connectivity index (χ1v) is 9.15. The highest BCUT2D eigenvalue weighted by Gasteiger charge is 2.33. The molecular formula is C14H10BrCl2NO2S. The monoisotopic (exact) mass is 405 g/mol. The number of hydrogen-bond donors (Lipinski definition) is 0. The third-order valence-electron chi connectivity index (χ3n) is 3.36. The molecule has 0 radical (unpaired) electrons. The van der Waals surface area contributed by atoms with E-state index in [1.807, 2.05) is 18.2 Å². The molecule has 0 fully saturated rings. The molecule has 0 aliphatic carbocycles. The number of fused-ring (bicyclic) bond motifs is 1. The van der Waals surface area contributed by atoms with Gasteiger partial charge in [0.15, 0.2) is 0 Å². The first-order valence-electron chi connectivity index (χ1n) is 6.16. The molecule has 2 aromatic rings. The SMILES string of the molecule is O=S(=O)(c1c(Cl)cc(Br)cc1Cl)N1CCc2ccccc21. The third-order valence-corrected chi connectivity index (χ3v) is 6.55. The maximum absolute atomic E-state index is 12.9. The average Bonchev–Trinajstić information content (AvgIpc) is 2.81. The number of nitrogens with zero attached hydrogens (tertiary/aromatic N) is 1. The van der Waals surface area contributed by atoms with Crippen LogP contribution in [0.4, 0.5) is 5.69 Å². The number of anilines is 1. The summed E-state index contributed by atoms with van der Waals surface area (Å²) in [5, 5.41) is 0.220. The molecule has 0 atom stereocenters. The second-order valence-electron chi connectivity index (χ2n) is 4.65. The molecule has 0 spiro atoms. The molecule has 1 aliphatic rings. The predicted octanol–water partition coefficient (Wildman–Crippen LogP) is 4.51. The van der Waals surface area contributed by atoms with Crippen LogP contribution in [0.3, 0.4) is 0 Å². The van der Waals surface area contributed by atoms with Crippen molar-refractivity contribution in [2.75, 3.05) is 10.8 Å². The van der Waals surface area contributed by atoms with Crippen LogP contribution in [0.2, 0.25) is 10.0 Å². The molecule has 1 heterocycles. The normalized spacial score (nSPS) is 14.3. The number of sulfonamides is 1. The van der Waals surface area contributed by atoms with Gasteiger partial charge in [-0.25, -0.2) is 8.42 Å². The van der Waals surface area contributed by atoms with Crippen LogP contribution in [-0.2, 0) is 16.4 Å². The van der Waals surface area contributed by atoms with E-state index in [0.717, 1.165) is 5.56 Å². The van der Waals surface area contributed by atoms with Gasteiger partial charge in [-0.05, 0) is 30.2 Å². The Hall–Kier alpha value is -0.750. The van der Waals surface area contributed by atoms with Gasteiger partial charge in [0.2, 0.25) is 0 Å². The van der Waals surface area contributed by atoms with Crippen LogP contribution in [-0.4, -0.2) is 15.0 Å². The summed E-state index contributed by atoms with van der Waals surface area (Å²) in [6, 6.07) is 10.5. The van der Waals surface area contributed by atoms with Gasteiger partial charge in [-0.3, -0.25) is 4.31 Å². The second-order valence-corrected chi connectivity index (χ2v) is 8.18. The van der Waals surface area contributed by atoms with Crippen LogP contribution in [0.25, 0.3) is 0 Å². The average molecular weight is 407 g/mol. The lowest BCUT2D eigenvalue weighted by atomic mass is 10.2. The van der Waals surface area contributed by atoms with Crippen molar-refractivity contribution in [3.05, 3.63) is 56.5 Å². The fourth-order valence-electron chi connectivity index (χ4n) is 2.44. The number of para-hydroxylation sites is 1. The Bertz CT molecular complexity index is 800. The molecule has 0 amide bonds. The maximum atomic E-state index is 12.9. The van der Waals surface area contributed by atoms with Crippen molar-refractivity contribution in [2.45, 2.75) is 11.3 Å². The molecule has 0 saturated carbocycles. The van der Waals surface area contributed by atoms with Crippen molar-refractivity contribution in [2.24, 2.45) is 0 Å². The second kappa shape index (κ2) is 5.47. The Kier molecular flexibility index (Phi) is 3.94. The zero-order chi connectivity index (χ0) is 15.2. The van der Waals surface area contributed by atoms with Gasteiger partial charge < -0.3 is 0 Å². The highest BCUT2D eigenvalue weighted by atomic mass is 79.9. The summed E-state index contributed by atoms with van der Waals surface area (Å²) < 4.78 is 27.8. The summed E-state index contributed by atoms with van der Waals surface area (Å²) in [7, 11) is -3.78. The lowest BCUT2D eigenvalue weighted by Crippen LogP contribution is -2.29. The zero-order valence-electron chi connectivity index (χ0n) is 10.7. The smallest absolute Gasteiger partial charge is 0.266 e. The van der Waals surface area contributed by atoms with Crippen molar-refractivity contribution < 1.29 is 8.42 Å². The summed E-state index contributed by atoms with van der Waals surface area (Å²) in [4.78, 5) is -0.0502. The molecule has 21 heavy (non-hydrogen) atoms. The van der Waals surface area contributed by atoms with Gasteiger partial charge in [0.1, 0.15) is 4.90 Å². The van der Waals surface area contributed by atoms with Crippen LogP contribution in [0, 0.1) is 0 Å². The van der Waals surface area contributed by atoms with Gasteiger partial charge in [0, 0.05) is 11.0 Å². The Morgan fingerprint density at radius 3 is 2.38 bits per heavy atom. The zero-order valence-corrected chi connectivity index (χ0v) is 14.6. The number of hydrogen-bond acceptors (Lipinski definition) is 2. The standard InChI is InChI=1S/C14H10BrCl2NO2S/c15-10-7-11(16)14(12(17)8-10)21(19,20)18-6-5-9-3-1-2-4-13(9)18/h1-4,7-8H,5-6H2. The molecule has 3 rings (SSSR count). The summed E-state index contributed by atoms with van der Waals surface area (Å²) in [6.07, 6.45) is 0.682. The van der Waals surface area contributed by atoms with Gasteiger partial charge in [0.25, 0.3) is 10.0 Å². The highest BCUT2D eigenvalue weighted by molar-refractivity contribution is 9.10. The van der Waals surface area contributed by atoms with Crippen molar-refractivity contribution in [3.63, 3.8) is 0 Å². The summed E-state index contributed by atoms with van der Waals surface area (Å²) in [5.41, 5.74) is 1.69. The predicted molar refractivity (Wildman–Crippen MR) is 88.8 cm³/mol. The Balaban J connectivity index is 2.16. The molecule has 7 heteroatoms. The van der Waals surface area contributed by atoms with Crippen LogP contribution in [0.5, 0.6) is 0 Å². The molecule has 2 aromatic carbocycles. The van der Waals surface area contributed by atoms with E-state index >= 15 is 0 Å². The maximum Gasteiger partial charge on any atom is 0.267 e. The highest BCUT2D eigenvalue weighted by Crippen LogP contribution is 2.39. The topological polar surface area (TPSA) is 37.4 Å². The van der Waals surface area contributed by atoms with E-state index in [1.54, 1.807) is 6.07 Å². The third kappa shape index (κ3) is 2.57. The Morgan fingerprint density at radius 2 is 1.71 bits per heavy atom. The van der Waals surface area contributed by atoms with Gasteiger partial charge in [-0.1, -0.05) is 57.3 Å². The van der Waals surface area contributed by atoms with Crippen LogP contribution in [0.1, 0.15) is 5.56 Å². The first kappa shape index (κ1) is 15.2. The number of halogens is 3. The van der Waals surface area contributed by atoms with Crippen LogP contribution >= 0.6 is 39.1 Å². The Morgan fingerprint density at radius 1 is 1.10 bits per heavy atom. The molecule has 1 aliphatic heterocycles. The number of rotatable bonds is 2. The van der Waals surface area contributed by atoms with Crippen molar-refractivity contribution in [3.8, 4) is 0 Å². The fourth-order valence-corrected chi connectivity index (χ4v) is 5.84. The van der Waals surface area contributed by atoms with E-state index in [2.05, 4.69) is 15.9 Å². The molecule has 0 N–H and O–H groups in total. The molecule has 0 aromatic heterocycles. The number of benzene rings is 2. The lowest BCUT2D eigenvalue weighted by Gasteiger charge is -2.21. The fraction of sp³-hybridized carbons (Fsp3) is 0.143. The summed E-state index contributed by atoms with van der Waals surface area (Å²) >= 11 is 15.5. The molecule has 110 valence electrons. The molecular weight excluding hydrogens is 397 g/mol. The minimum absolute atomic E-state index is 0.0502. The summed E-state index contributed by atoms with van der Waals surface area (Å²) in [5.74, 6) is 0. The minimum Gasteiger partial charge on any atom is -0.266 e. The van der Waals surface area contributed by atoms with E-state index < -0.39 is 10.0 Å². The van der Waals surface area contributed by atoms with Gasteiger partial charge in [-0.15, -0.1) is 0 Å². The largest absolute Gasteiger partial charge is 0.267 e. The van der Waals surface area contributed by atoms with Crippen LogP contribution in [0.15, 0.2) is 45.8 Å². The van der Waals surface area contributed by atoms with Gasteiger partial charge in [0.05, 0.1) is 15.7 Å². The van der Waals surface area contributed by atoms with E-state index in [1.165, 1.54) is 16.4 Å². The van der Waals surface area contributed by atoms with E-state index in [9.17, 15) is 8.42 Å². The lowest BCUT2D eigenvalue weighted by molar-refractivity contribution is 0.592. The van der Waals surface area contributed by atoms with Gasteiger partial charge >= 0.3 is 0 Å². The molecule has 3 nitrogen and oxygen atoms in total. The molecule has 0 bridgehead atoms. The molecule has 0 saturated heterocycles. The summed E-state index contributed by atoms with van der Waals surface area (Å²) in [6.45, 7) is 0.393. The van der Waals surface area contributed by atoms with E-state index in [0.29, 0.717) is 23.1 Å². The first-order chi connectivity index (χ1) is 9.91. The van der Waals surface area contributed by atoms with Crippen LogP contribution < -0.4 is 4.31 Å². The van der Waals surface area contributed by atoms with Crippen molar-refractivity contribution >= 4 is 54.8 Å².